The van der Waals surface area contributed by atoms with Crippen LogP contribution in [0.15, 0.2) is 36.7 Å². The molecule has 0 atom stereocenters. The number of halogens is 3. The van der Waals surface area contributed by atoms with Crippen molar-refractivity contribution in [1.82, 2.24) is 14.9 Å². The van der Waals surface area contributed by atoms with Crippen molar-refractivity contribution in [2.45, 2.75) is 6.92 Å². The summed E-state index contributed by atoms with van der Waals surface area (Å²) in [7, 11) is 0. The van der Waals surface area contributed by atoms with Gasteiger partial charge in [0.05, 0.1) is 21.1 Å². The van der Waals surface area contributed by atoms with Crippen LogP contribution in [-0.4, -0.2) is 40.5 Å². The third-order valence-corrected chi connectivity index (χ3v) is 4.62. The van der Waals surface area contributed by atoms with E-state index in [2.05, 4.69) is 15.6 Å². The zero-order valence-corrected chi connectivity index (χ0v) is 16.6. The molecule has 3 rings (SSSR count). The first-order valence-electron chi connectivity index (χ1n) is 8.45. The van der Waals surface area contributed by atoms with Crippen molar-refractivity contribution in [1.29, 1.82) is 0 Å². The highest BCUT2D eigenvalue weighted by Crippen LogP contribution is 2.30. The number of fused-ring (bicyclic) bond motifs is 1. The Morgan fingerprint density at radius 2 is 1.86 bits per heavy atom. The van der Waals surface area contributed by atoms with Gasteiger partial charge in [0.15, 0.2) is 0 Å². The van der Waals surface area contributed by atoms with Gasteiger partial charge in [-0.05, 0) is 24.3 Å². The number of anilines is 1. The Kier molecular flexibility index (Phi) is 6.14. The molecule has 2 N–H and O–H groups in total. The largest absolute Gasteiger partial charge is 0.349 e. The van der Waals surface area contributed by atoms with Gasteiger partial charge in [0, 0.05) is 36.8 Å². The number of carbonyl (C=O) groups excluding carboxylic acids is 3. The maximum atomic E-state index is 13.1. The van der Waals surface area contributed by atoms with E-state index in [4.69, 9.17) is 23.2 Å². The van der Waals surface area contributed by atoms with Crippen LogP contribution in [0.5, 0.6) is 0 Å². The number of carbonyl (C=O) groups is 3. The monoisotopic (exact) mass is 436 g/mol. The van der Waals surface area contributed by atoms with Gasteiger partial charge in [-0.1, -0.05) is 23.2 Å². The molecular weight excluding hydrogens is 422 g/mol. The fraction of sp³-hybridized carbons (Fsp3) is 0.158. The highest BCUT2D eigenvalue weighted by Gasteiger charge is 2.21. The molecule has 7 nitrogen and oxygen atoms in total. The van der Waals surface area contributed by atoms with Crippen LogP contribution in [0.2, 0.25) is 10.0 Å². The summed E-state index contributed by atoms with van der Waals surface area (Å²) in [6, 6.07) is 5.83. The molecule has 0 saturated carbocycles. The van der Waals surface area contributed by atoms with E-state index in [9.17, 15) is 18.8 Å². The maximum Gasteiger partial charge on any atom is 0.265 e. The smallest absolute Gasteiger partial charge is 0.265 e. The lowest BCUT2D eigenvalue weighted by molar-refractivity contribution is -0.114. The minimum Gasteiger partial charge on any atom is -0.349 e. The highest BCUT2D eigenvalue weighted by atomic mass is 35.5. The first kappa shape index (κ1) is 20.8. The lowest BCUT2D eigenvalue weighted by atomic mass is 10.1. The van der Waals surface area contributed by atoms with Gasteiger partial charge in [0.25, 0.3) is 11.8 Å². The average molecular weight is 437 g/mol. The molecule has 2 aromatic heterocycles. The molecule has 0 aliphatic rings. The van der Waals surface area contributed by atoms with Crippen LogP contribution in [0.1, 0.15) is 27.6 Å². The lowest BCUT2D eigenvalue weighted by Gasteiger charge is -2.11. The number of aromatic nitrogens is 2. The molecule has 0 saturated heterocycles. The number of amides is 2. The van der Waals surface area contributed by atoms with Crippen LogP contribution >= 0.6 is 23.2 Å². The first-order valence-corrected chi connectivity index (χ1v) is 9.20. The summed E-state index contributed by atoms with van der Waals surface area (Å²) in [5.74, 6) is -1.05. The Hall–Kier alpha value is -2.97. The third kappa shape index (κ3) is 4.23. The van der Waals surface area contributed by atoms with Crippen molar-refractivity contribution in [3.63, 3.8) is 0 Å². The Morgan fingerprint density at radius 1 is 1.17 bits per heavy atom. The fourth-order valence-corrected chi connectivity index (χ4v) is 3.45. The predicted molar refractivity (Wildman–Crippen MR) is 109 cm³/mol. The first-order chi connectivity index (χ1) is 13.8. The van der Waals surface area contributed by atoms with Gasteiger partial charge >= 0.3 is 0 Å². The Bertz CT molecular complexity index is 1110. The van der Waals surface area contributed by atoms with Crippen LogP contribution in [-0.2, 0) is 4.79 Å². The summed E-state index contributed by atoms with van der Waals surface area (Å²) in [6.45, 7) is 0.502. The summed E-state index contributed by atoms with van der Waals surface area (Å²) in [6.07, 6.45) is 2.97. The number of benzene rings is 1. The van der Waals surface area contributed by atoms with Crippen molar-refractivity contribution in [3.05, 3.63) is 57.8 Å². The summed E-state index contributed by atoms with van der Waals surface area (Å²) in [5.41, 5.74) is 0.607. The second kappa shape index (κ2) is 8.59. The molecular formula is C19H15Cl2FN4O3. The number of nitrogens with one attached hydrogen (secondary N) is 2. The summed E-state index contributed by atoms with van der Waals surface area (Å²) >= 11 is 12.5. The van der Waals surface area contributed by atoms with Crippen LogP contribution in [0.25, 0.3) is 10.9 Å². The molecule has 2 heterocycles. The molecule has 0 aliphatic carbocycles. The summed E-state index contributed by atoms with van der Waals surface area (Å²) in [5, 5.41) is 5.48. The molecule has 3 aromatic rings. The van der Waals surface area contributed by atoms with Crippen molar-refractivity contribution in [3.8, 4) is 0 Å². The second-order valence-corrected chi connectivity index (χ2v) is 6.84. The van der Waals surface area contributed by atoms with Crippen molar-refractivity contribution in [2.24, 2.45) is 0 Å². The molecule has 0 bridgehead atoms. The number of alkyl halides is 1. The Labute approximate surface area is 174 Å². The molecule has 150 valence electrons. The number of nitrogens with zero attached hydrogens (tertiary/aromatic N) is 2. The Balaban J connectivity index is 2.01. The number of rotatable bonds is 5. The van der Waals surface area contributed by atoms with Crippen LogP contribution < -0.4 is 10.6 Å². The number of pyridine rings is 1. The van der Waals surface area contributed by atoms with E-state index in [1.807, 2.05) is 0 Å². The fourth-order valence-electron chi connectivity index (χ4n) is 2.80. The molecule has 1 aromatic carbocycles. The topological polar surface area (TPSA) is 93.1 Å². The van der Waals surface area contributed by atoms with Crippen molar-refractivity contribution >= 4 is 57.6 Å². The van der Waals surface area contributed by atoms with Crippen LogP contribution in [0.4, 0.5) is 10.2 Å². The van der Waals surface area contributed by atoms with Gasteiger partial charge in [0.2, 0.25) is 5.91 Å². The minimum atomic E-state index is -0.709. The zero-order chi connectivity index (χ0) is 21.1. The van der Waals surface area contributed by atoms with Gasteiger partial charge < -0.3 is 10.6 Å². The third-order valence-electron chi connectivity index (χ3n) is 4.03. The van der Waals surface area contributed by atoms with Crippen LogP contribution in [0, 0.1) is 0 Å². The standard InChI is InChI=1S/C19H15Cl2FN4O3/c1-10(27)25-17-12-3-7-26(15(12)2-5-23-17)19(29)16-13(20)8-11(9-14(16)21)18(28)24-6-4-22/h2-3,5,7-9H,4,6H2,1H3,(H,24,28)(H,23,25,27). The molecule has 29 heavy (non-hydrogen) atoms. The van der Waals surface area contributed by atoms with E-state index >= 15 is 0 Å². The highest BCUT2D eigenvalue weighted by molar-refractivity contribution is 6.40. The molecule has 10 heteroatoms. The normalized spacial score (nSPS) is 10.8. The molecule has 2 amide bonds. The van der Waals surface area contributed by atoms with E-state index in [1.165, 1.54) is 36.0 Å². The van der Waals surface area contributed by atoms with Gasteiger partial charge in [0.1, 0.15) is 12.5 Å². The van der Waals surface area contributed by atoms with Gasteiger partial charge in [-0.25, -0.2) is 9.37 Å². The van der Waals surface area contributed by atoms with Gasteiger partial charge in [-0.15, -0.1) is 0 Å². The van der Waals surface area contributed by atoms with Crippen molar-refractivity contribution < 1.29 is 18.8 Å². The number of hydrogen-bond acceptors (Lipinski definition) is 4. The quantitative estimate of drug-likeness (QED) is 0.637. The van der Waals surface area contributed by atoms with E-state index in [0.29, 0.717) is 16.7 Å². The molecule has 0 spiro atoms. The van der Waals surface area contributed by atoms with Crippen molar-refractivity contribution in [2.75, 3.05) is 18.5 Å². The van der Waals surface area contributed by atoms with E-state index in [0.717, 1.165) is 0 Å². The maximum absolute atomic E-state index is 13.1. The lowest BCUT2D eigenvalue weighted by Crippen LogP contribution is -2.25. The average Bonchev–Trinajstić information content (AvgIpc) is 3.10. The summed E-state index contributed by atoms with van der Waals surface area (Å²) in [4.78, 5) is 40.5. The van der Waals surface area contributed by atoms with Crippen LogP contribution in [0.3, 0.4) is 0 Å². The molecule has 0 unspecified atom stereocenters. The van der Waals surface area contributed by atoms with E-state index in [-0.39, 0.29) is 33.6 Å². The SMILES string of the molecule is CC(=O)Nc1nccc2c1ccn2C(=O)c1c(Cl)cc(C(=O)NCCF)cc1Cl. The predicted octanol–water partition coefficient (Wildman–Crippen LogP) is 3.69. The molecule has 0 radical (unpaired) electrons. The van der Waals surface area contributed by atoms with E-state index < -0.39 is 18.5 Å². The summed E-state index contributed by atoms with van der Waals surface area (Å²) < 4.78 is 13.6. The zero-order valence-electron chi connectivity index (χ0n) is 15.1. The minimum absolute atomic E-state index is 0.00534. The van der Waals surface area contributed by atoms with Gasteiger partial charge in [-0.3, -0.25) is 19.0 Å². The molecule has 0 aliphatic heterocycles. The van der Waals surface area contributed by atoms with Gasteiger partial charge in [-0.2, -0.15) is 0 Å². The Morgan fingerprint density at radius 3 is 2.48 bits per heavy atom. The van der Waals surface area contributed by atoms with E-state index in [1.54, 1.807) is 12.1 Å². The number of hydrogen-bond donors (Lipinski definition) is 2. The molecule has 0 fully saturated rings. The second-order valence-electron chi connectivity index (χ2n) is 6.02.